The summed E-state index contributed by atoms with van der Waals surface area (Å²) in [6.07, 6.45) is -4.49. The summed E-state index contributed by atoms with van der Waals surface area (Å²) in [4.78, 5) is 14.2. The van der Waals surface area contributed by atoms with E-state index in [0.29, 0.717) is 28.9 Å². The molecule has 1 unspecified atom stereocenters. The normalized spacial score (nSPS) is 16.0. The van der Waals surface area contributed by atoms with Crippen molar-refractivity contribution in [3.8, 4) is 16.9 Å². The molecule has 7 heteroatoms. The number of ether oxygens (including phenoxy) is 2. The van der Waals surface area contributed by atoms with Crippen molar-refractivity contribution in [1.29, 1.82) is 0 Å². The number of methoxy groups -OCH3 is 1. The summed E-state index contributed by atoms with van der Waals surface area (Å²) in [6, 6.07) is 18.8. The zero-order valence-corrected chi connectivity index (χ0v) is 19.9. The van der Waals surface area contributed by atoms with Crippen molar-refractivity contribution in [3.05, 3.63) is 89.0 Å². The largest absolute Gasteiger partial charge is 0.496 e. The Bertz CT molecular complexity index is 1190. The summed E-state index contributed by atoms with van der Waals surface area (Å²) >= 11 is 0. The topological polar surface area (TPSA) is 38.8 Å². The number of hydrogen-bond acceptors (Lipinski definition) is 3. The van der Waals surface area contributed by atoms with Gasteiger partial charge in [0.15, 0.2) is 0 Å². The van der Waals surface area contributed by atoms with Crippen molar-refractivity contribution in [2.75, 3.05) is 13.7 Å². The van der Waals surface area contributed by atoms with Gasteiger partial charge in [-0.15, -0.1) is 0 Å². The van der Waals surface area contributed by atoms with Crippen LogP contribution in [-0.4, -0.2) is 30.8 Å². The van der Waals surface area contributed by atoms with E-state index in [9.17, 15) is 18.0 Å². The Morgan fingerprint density at radius 3 is 2.43 bits per heavy atom. The van der Waals surface area contributed by atoms with Gasteiger partial charge >= 0.3 is 12.3 Å². The highest BCUT2D eigenvalue weighted by molar-refractivity contribution is 5.76. The molecule has 0 aliphatic carbocycles. The Labute approximate surface area is 203 Å². The number of cyclic esters (lactones) is 1. The molecule has 0 aromatic heterocycles. The lowest BCUT2D eigenvalue weighted by Crippen LogP contribution is -2.34. The Morgan fingerprint density at radius 2 is 1.77 bits per heavy atom. The molecule has 1 saturated heterocycles. The average molecular weight is 484 g/mol. The van der Waals surface area contributed by atoms with Crippen molar-refractivity contribution in [2.24, 2.45) is 0 Å². The molecule has 3 aromatic rings. The fraction of sp³-hybridized carbons (Fsp3) is 0.321. The Balaban J connectivity index is 1.77. The highest BCUT2D eigenvalue weighted by atomic mass is 19.4. The fourth-order valence-electron chi connectivity index (χ4n) is 4.38. The number of benzene rings is 3. The molecule has 184 valence electrons. The second-order valence-electron chi connectivity index (χ2n) is 9.03. The van der Waals surface area contributed by atoms with Crippen LogP contribution in [-0.2, 0) is 23.9 Å². The van der Waals surface area contributed by atoms with E-state index in [2.05, 4.69) is 0 Å². The molecule has 4 rings (SSSR count). The van der Waals surface area contributed by atoms with Crippen LogP contribution in [0.25, 0.3) is 11.1 Å². The SMILES string of the molecule is COc1ccc(C(C)C)cc1-c1ccc(C(F)(F)F)cc1CN1C(=O)OCC1Cc1ccccc1. The summed E-state index contributed by atoms with van der Waals surface area (Å²) in [5, 5.41) is 0. The zero-order valence-electron chi connectivity index (χ0n) is 19.9. The quantitative estimate of drug-likeness (QED) is 0.361. The fourth-order valence-corrected chi connectivity index (χ4v) is 4.38. The summed E-state index contributed by atoms with van der Waals surface area (Å²) in [6.45, 7) is 4.28. The summed E-state index contributed by atoms with van der Waals surface area (Å²) in [5.74, 6) is 0.779. The monoisotopic (exact) mass is 483 g/mol. The number of rotatable bonds is 7. The minimum absolute atomic E-state index is 0.00928. The summed E-state index contributed by atoms with van der Waals surface area (Å²) in [5.41, 5.74) is 2.97. The van der Waals surface area contributed by atoms with Crippen LogP contribution in [0, 0.1) is 0 Å². The first-order chi connectivity index (χ1) is 16.7. The molecule has 4 nitrogen and oxygen atoms in total. The molecule has 1 aliphatic rings. The number of nitrogens with zero attached hydrogens (tertiary/aromatic N) is 1. The van der Waals surface area contributed by atoms with Crippen LogP contribution in [0.5, 0.6) is 5.75 Å². The molecule has 0 saturated carbocycles. The van der Waals surface area contributed by atoms with Crippen LogP contribution < -0.4 is 4.74 Å². The Kier molecular flexibility index (Phi) is 7.05. The van der Waals surface area contributed by atoms with Crippen molar-refractivity contribution >= 4 is 6.09 Å². The van der Waals surface area contributed by atoms with Gasteiger partial charge < -0.3 is 9.47 Å². The molecule has 3 aromatic carbocycles. The van der Waals surface area contributed by atoms with Gasteiger partial charge in [0, 0.05) is 5.56 Å². The van der Waals surface area contributed by atoms with Crippen molar-refractivity contribution in [1.82, 2.24) is 4.90 Å². The van der Waals surface area contributed by atoms with Gasteiger partial charge in [0.2, 0.25) is 0 Å². The number of halogens is 3. The van der Waals surface area contributed by atoms with Gasteiger partial charge in [0.05, 0.1) is 25.3 Å². The molecule has 1 fully saturated rings. The van der Waals surface area contributed by atoms with Crippen molar-refractivity contribution < 1.29 is 27.4 Å². The maximum Gasteiger partial charge on any atom is 0.416 e. The predicted octanol–water partition coefficient (Wildman–Crippen LogP) is 7.07. The van der Waals surface area contributed by atoms with Crippen LogP contribution in [0.4, 0.5) is 18.0 Å². The Morgan fingerprint density at radius 1 is 1.03 bits per heavy atom. The molecular formula is C28H28F3NO3. The second kappa shape index (κ2) is 10.0. The highest BCUT2D eigenvalue weighted by Gasteiger charge is 2.35. The van der Waals surface area contributed by atoms with E-state index in [1.807, 2.05) is 62.4 Å². The van der Waals surface area contributed by atoms with Gasteiger partial charge in [-0.05, 0) is 58.9 Å². The molecule has 35 heavy (non-hydrogen) atoms. The van der Waals surface area contributed by atoms with E-state index in [1.165, 1.54) is 18.1 Å². The molecule has 0 bridgehead atoms. The van der Waals surface area contributed by atoms with Gasteiger partial charge in [-0.25, -0.2) is 4.79 Å². The molecule has 1 atom stereocenters. The van der Waals surface area contributed by atoms with Crippen molar-refractivity contribution in [3.63, 3.8) is 0 Å². The van der Waals surface area contributed by atoms with Gasteiger partial charge in [-0.3, -0.25) is 4.90 Å². The maximum absolute atomic E-state index is 13.6. The van der Waals surface area contributed by atoms with Crippen LogP contribution in [0.3, 0.4) is 0 Å². The highest BCUT2D eigenvalue weighted by Crippen LogP contribution is 2.39. The van der Waals surface area contributed by atoms with Gasteiger partial charge in [0.1, 0.15) is 12.4 Å². The van der Waals surface area contributed by atoms with Crippen molar-refractivity contribution in [2.45, 2.75) is 44.9 Å². The molecule has 1 amide bonds. The minimum Gasteiger partial charge on any atom is -0.496 e. The Hall–Kier alpha value is -3.48. The number of hydrogen-bond donors (Lipinski definition) is 0. The van der Waals surface area contributed by atoms with E-state index in [0.717, 1.165) is 23.3 Å². The first-order valence-electron chi connectivity index (χ1n) is 11.5. The molecule has 1 aliphatic heterocycles. The third kappa shape index (κ3) is 5.45. The second-order valence-corrected chi connectivity index (χ2v) is 9.03. The summed E-state index contributed by atoms with van der Waals surface area (Å²) in [7, 11) is 1.53. The number of carbonyl (C=O) groups is 1. The van der Waals surface area contributed by atoms with Crippen LogP contribution in [0.15, 0.2) is 66.7 Å². The summed E-state index contributed by atoms with van der Waals surface area (Å²) < 4.78 is 51.8. The lowest BCUT2D eigenvalue weighted by molar-refractivity contribution is -0.137. The van der Waals surface area contributed by atoms with E-state index < -0.39 is 17.8 Å². The third-order valence-corrected chi connectivity index (χ3v) is 6.34. The zero-order chi connectivity index (χ0) is 25.2. The number of carbonyl (C=O) groups excluding carboxylic acids is 1. The van der Waals surface area contributed by atoms with Crippen LogP contribution in [0.1, 0.15) is 42.0 Å². The van der Waals surface area contributed by atoms with E-state index in [-0.39, 0.29) is 25.1 Å². The standard InChI is InChI=1S/C28H28F3NO3/c1-18(2)20-9-12-26(34-3)25(15-20)24-11-10-22(28(29,30)31)14-21(24)16-32-23(17-35-27(32)33)13-19-7-5-4-6-8-19/h4-12,14-15,18,23H,13,16-17H2,1-3H3. The van der Waals surface area contributed by atoms with Gasteiger partial charge in [0.25, 0.3) is 0 Å². The molecule has 0 spiro atoms. The minimum atomic E-state index is -4.51. The predicted molar refractivity (Wildman–Crippen MR) is 128 cm³/mol. The van der Waals surface area contributed by atoms with Gasteiger partial charge in [-0.2, -0.15) is 13.2 Å². The average Bonchev–Trinajstić information content (AvgIpc) is 3.17. The maximum atomic E-state index is 13.6. The van der Waals surface area contributed by atoms with Crippen LogP contribution >= 0.6 is 0 Å². The molecule has 0 N–H and O–H groups in total. The van der Waals surface area contributed by atoms with Crippen LogP contribution in [0.2, 0.25) is 0 Å². The van der Waals surface area contributed by atoms with E-state index >= 15 is 0 Å². The third-order valence-electron chi connectivity index (χ3n) is 6.34. The first kappa shape index (κ1) is 24.6. The first-order valence-corrected chi connectivity index (χ1v) is 11.5. The molecule has 1 heterocycles. The lowest BCUT2D eigenvalue weighted by Gasteiger charge is -2.24. The van der Waals surface area contributed by atoms with E-state index in [1.54, 1.807) is 0 Å². The number of amides is 1. The molecule has 0 radical (unpaired) electrons. The van der Waals surface area contributed by atoms with Gasteiger partial charge in [-0.1, -0.05) is 56.3 Å². The molecular weight excluding hydrogens is 455 g/mol. The van der Waals surface area contributed by atoms with E-state index in [4.69, 9.17) is 9.47 Å². The number of alkyl halides is 3. The smallest absolute Gasteiger partial charge is 0.416 e. The lowest BCUT2D eigenvalue weighted by atomic mass is 9.92.